The fourth-order valence-corrected chi connectivity index (χ4v) is 2.39. The zero-order chi connectivity index (χ0) is 12.3. The largest absolute Gasteiger partial charge is 0.495 e. The van der Waals surface area contributed by atoms with E-state index >= 15 is 0 Å². The first-order valence-corrected chi connectivity index (χ1v) is 6.13. The van der Waals surface area contributed by atoms with E-state index in [4.69, 9.17) is 16.3 Å². The van der Waals surface area contributed by atoms with Crippen LogP contribution in [0, 0.1) is 0 Å². The number of methoxy groups -OCH3 is 1. The van der Waals surface area contributed by atoms with Gasteiger partial charge in [0.2, 0.25) is 0 Å². The Morgan fingerprint density at radius 3 is 2.94 bits per heavy atom. The van der Waals surface area contributed by atoms with Crippen molar-refractivity contribution in [2.75, 3.05) is 20.2 Å². The third kappa shape index (κ3) is 3.20. The molecule has 0 bridgehead atoms. The third-order valence-corrected chi connectivity index (χ3v) is 3.25. The molecular weight excluding hydrogens is 238 g/mol. The molecule has 0 amide bonds. The number of hydrogen-bond donors (Lipinski definition) is 0. The molecule has 1 aliphatic rings. The molecule has 17 heavy (non-hydrogen) atoms. The lowest BCUT2D eigenvalue weighted by Crippen LogP contribution is -2.34. The molecular formula is C13H16ClNO2. The predicted octanol–water partition coefficient (Wildman–Crippen LogP) is 2.51. The van der Waals surface area contributed by atoms with Crippen molar-refractivity contribution in [3.05, 3.63) is 28.8 Å². The summed E-state index contributed by atoms with van der Waals surface area (Å²) in [5.41, 5.74) is 1.12. The van der Waals surface area contributed by atoms with E-state index in [0.29, 0.717) is 23.1 Å². The van der Waals surface area contributed by atoms with Crippen LogP contribution in [0.25, 0.3) is 0 Å². The molecule has 92 valence electrons. The molecule has 1 aliphatic heterocycles. The maximum atomic E-state index is 11.3. The third-order valence-electron chi connectivity index (χ3n) is 2.95. The summed E-state index contributed by atoms with van der Waals surface area (Å²) >= 11 is 6.07. The Morgan fingerprint density at radius 2 is 2.29 bits per heavy atom. The lowest BCUT2D eigenvalue weighted by Gasteiger charge is -2.25. The van der Waals surface area contributed by atoms with Crippen LogP contribution < -0.4 is 4.74 Å². The zero-order valence-corrected chi connectivity index (χ0v) is 10.7. The normalized spacial score (nSPS) is 17.2. The molecule has 0 saturated carbocycles. The van der Waals surface area contributed by atoms with Crippen molar-refractivity contribution in [3.63, 3.8) is 0 Å². The van der Waals surface area contributed by atoms with Crippen LogP contribution in [0.1, 0.15) is 18.4 Å². The number of ketones is 1. The van der Waals surface area contributed by atoms with Gasteiger partial charge in [-0.1, -0.05) is 17.7 Å². The van der Waals surface area contributed by atoms with Crippen LogP contribution in [0.15, 0.2) is 18.2 Å². The lowest BCUT2D eigenvalue weighted by molar-refractivity contribution is -0.122. The molecule has 0 radical (unpaired) electrons. The Hall–Kier alpha value is -1.06. The Morgan fingerprint density at radius 1 is 1.47 bits per heavy atom. The lowest BCUT2D eigenvalue weighted by atomic mass is 10.1. The Balaban J connectivity index is 2.03. The van der Waals surface area contributed by atoms with Crippen LogP contribution in [0.4, 0.5) is 0 Å². The number of carbonyl (C=O) groups is 1. The predicted molar refractivity (Wildman–Crippen MR) is 67.5 cm³/mol. The highest BCUT2D eigenvalue weighted by Crippen LogP contribution is 2.25. The summed E-state index contributed by atoms with van der Waals surface area (Å²) < 4.78 is 5.11. The van der Waals surface area contributed by atoms with Crippen LogP contribution >= 0.6 is 11.6 Å². The van der Waals surface area contributed by atoms with E-state index in [1.807, 2.05) is 18.2 Å². The van der Waals surface area contributed by atoms with Crippen LogP contribution in [0.2, 0.25) is 5.02 Å². The number of Topliss-reactive ketones (excluding diaryl/α,β-unsaturated/α-hetero) is 1. The molecule has 0 unspecified atom stereocenters. The molecule has 0 aliphatic carbocycles. The molecule has 0 atom stereocenters. The first-order valence-electron chi connectivity index (χ1n) is 5.75. The molecule has 3 nitrogen and oxygen atoms in total. The number of likely N-dealkylation sites (tertiary alicyclic amines) is 1. The second kappa shape index (κ2) is 5.52. The molecule has 1 fully saturated rings. The van der Waals surface area contributed by atoms with Crippen LogP contribution in [-0.2, 0) is 11.3 Å². The van der Waals surface area contributed by atoms with Gasteiger partial charge in [-0.3, -0.25) is 9.69 Å². The second-order valence-corrected chi connectivity index (χ2v) is 4.73. The summed E-state index contributed by atoms with van der Waals surface area (Å²) in [6.07, 6.45) is 1.68. The van der Waals surface area contributed by atoms with Crippen LogP contribution in [-0.4, -0.2) is 30.9 Å². The fourth-order valence-electron chi connectivity index (χ4n) is 2.11. The number of carbonyl (C=O) groups excluding carboxylic acids is 1. The maximum Gasteiger partial charge on any atom is 0.146 e. The van der Waals surface area contributed by atoms with E-state index in [1.165, 1.54) is 0 Å². The van der Waals surface area contributed by atoms with E-state index in [-0.39, 0.29) is 0 Å². The number of benzene rings is 1. The molecule has 1 aromatic rings. The van der Waals surface area contributed by atoms with Crippen molar-refractivity contribution in [2.45, 2.75) is 19.4 Å². The van der Waals surface area contributed by atoms with Gasteiger partial charge in [-0.05, 0) is 30.7 Å². The van der Waals surface area contributed by atoms with Gasteiger partial charge in [0.1, 0.15) is 11.5 Å². The second-order valence-electron chi connectivity index (χ2n) is 4.32. The highest BCUT2D eigenvalue weighted by Gasteiger charge is 2.16. The van der Waals surface area contributed by atoms with E-state index in [9.17, 15) is 4.79 Å². The summed E-state index contributed by atoms with van der Waals surface area (Å²) in [6, 6.07) is 5.76. The average molecular weight is 254 g/mol. The average Bonchev–Trinajstić information content (AvgIpc) is 2.29. The number of ether oxygens (including phenoxy) is 1. The first kappa shape index (κ1) is 12.4. The Labute approximate surface area is 106 Å². The minimum atomic E-state index is 0.329. The molecule has 0 spiro atoms. The smallest absolute Gasteiger partial charge is 0.146 e. The van der Waals surface area contributed by atoms with Gasteiger partial charge in [0, 0.05) is 13.0 Å². The molecule has 4 heteroatoms. The molecule has 2 rings (SSSR count). The van der Waals surface area contributed by atoms with Crippen LogP contribution in [0.3, 0.4) is 0 Å². The molecule has 1 aromatic carbocycles. The van der Waals surface area contributed by atoms with E-state index < -0.39 is 0 Å². The summed E-state index contributed by atoms with van der Waals surface area (Å²) in [5, 5.41) is 0.619. The minimum Gasteiger partial charge on any atom is -0.495 e. The number of piperidine rings is 1. The minimum absolute atomic E-state index is 0.329. The topological polar surface area (TPSA) is 29.5 Å². The molecule has 1 heterocycles. The summed E-state index contributed by atoms with van der Waals surface area (Å²) in [4.78, 5) is 13.5. The van der Waals surface area contributed by atoms with Crippen molar-refractivity contribution in [1.29, 1.82) is 0 Å². The number of rotatable bonds is 3. The van der Waals surface area contributed by atoms with Crippen LogP contribution in [0.5, 0.6) is 5.75 Å². The molecule has 0 aromatic heterocycles. The highest BCUT2D eigenvalue weighted by atomic mass is 35.5. The van der Waals surface area contributed by atoms with Gasteiger partial charge in [-0.25, -0.2) is 0 Å². The number of halogens is 1. The van der Waals surface area contributed by atoms with Crippen molar-refractivity contribution in [1.82, 2.24) is 4.90 Å². The summed E-state index contributed by atoms with van der Waals surface area (Å²) in [6.45, 7) is 2.31. The van der Waals surface area contributed by atoms with Gasteiger partial charge >= 0.3 is 0 Å². The van der Waals surface area contributed by atoms with Gasteiger partial charge < -0.3 is 4.74 Å². The van der Waals surface area contributed by atoms with Gasteiger partial charge in [0.25, 0.3) is 0 Å². The monoisotopic (exact) mass is 253 g/mol. The highest BCUT2D eigenvalue weighted by molar-refractivity contribution is 6.32. The number of nitrogens with zero attached hydrogens (tertiary/aromatic N) is 1. The van der Waals surface area contributed by atoms with Crippen molar-refractivity contribution in [2.24, 2.45) is 0 Å². The standard InChI is InChI=1S/C13H16ClNO2/c1-17-13-5-4-10(7-12(13)14)8-15-6-2-3-11(16)9-15/h4-5,7H,2-3,6,8-9H2,1H3. The Bertz CT molecular complexity index is 420. The Kier molecular flexibility index (Phi) is 4.02. The molecule has 0 N–H and O–H groups in total. The van der Waals surface area contributed by atoms with Gasteiger partial charge in [-0.2, -0.15) is 0 Å². The number of hydrogen-bond acceptors (Lipinski definition) is 3. The van der Waals surface area contributed by atoms with Crippen molar-refractivity contribution < 1.29 is 9.53 Å². The summed E-state index contributed by atoms with van der Waals surface area (Å²) in [7, 11) is 1.60. The van der Waals surface area contributed by atoms with Crippen molar-refractivity contribution >= 4 is 17.4 Å². The van der Waals surface area contributed by atoms with Crippen molar-refractivity contribution in [3.8, 4) is 5.75 Å². The maximum absolute atomic E-state index is 11.3. The van der Waals surface area contributed by atoms with E-state index in [2.05, 4.69) is 4.90 Å². The zero-order valence-electron chi connectivity index (χ0n) is 9.91. The van der Waals surface area contributed by atoms with E-state index in [1.54, 1.807) is 7.11 Å². The molecule has 1 saturated heterocycles. The van der Waals surface area contributed by atoms with E-state index in [0.717, 1.165) is 31.5 Å². The van der Waals surface area contributed by atoms with Gasteiger partial charge in [-0.15, -0.1) is 0 Å². The van der Waals surface area contributed by atoms with Gasteiger partial charge in [0.15, 0.2) is 0 Å². The fraction of sp³-hybridized carbons (Fsp3) is 0.462. The summed E-state index contributed by atoms with van der Waals surface area (Å²) in [5.74, 6) is 1.01. The quantitative estimate of drug-likeness (QED) is 0.829. The van der Waals surface area contributed by atoms with Gasteiger partial charge in [0.05, 0.1) is 18.7 Å². The first-order chi connectivity index (χ1) is 8.19. The SMILES string of the molecule is COc1ccc(CN2CCCC(=O)C2)cc1Cl.